The molecule has 0 saturated heterocycles. The number of ether oxygens (including phenoxy) is 1. The van der Waals surface area contributed by atoms with Gasteiger partial charge < -0.3 is 20.7 Å². The van der Waals surface area contributed by atoms with Crippen LogP contribution < -0.4 is 21.3 Å². The number of benzene rings is 1. The van der Waals surface area contributed by atoms with Crippen LogP contribution in [0.4, 0.5) is 15.3 Å². The molecule has 4 N–H and O–H groups in total. The Labute approximate surface area is 164 Å². The average molecular weight is 392 g/mol. The molecular weight excluding hydrogens is 364 g/mol. The number of imide groups is 1. The van der Waals surface area contributed by atoms with Gasteiger partial charge in [-0.3, -0.25) is 10.1 Å². The first kappa shape index (κ1) is 22.9. The Balaban J connectivity index is 2.52. The monoisotopic (exact) mass is 392 g/mol. The Morgan fingerprint density at radius 3 is 2.14 bits per heavy atom. The number of amides is 5. The standard InChI is InChI=1S/C19H28N4O5/c1-12(2)15(22-17(26)20-13-9-7-6-8-10-13)16(25)28-11-14(24)21-18(27)23-19(3,4)5/h6-10,12,15H,11H2,1-5H3,(H2,20,22,26)(H2,21,23,24,27)/t15-/m0/s1. The lowest BCUT2D eigenvalue weighted by molar-refractivity contribution is -0.151. The lowest BCUT2D eigenvalue weighted by Crippen LogP contribution is -2.50. The molecule has 0 heterocycles. The molecule has 0 radical (unpaired) electrons. The molecular formula is C19H28N4O5. The van der Waals surface area contributed by atoms with E-state index < -0.39 is 42.1 Å². The Morgan fingerprint density at radius 1 is 1.00 bits per heavy atom. The van der Waals surface area contributed by atoms with E-state index in [-0.39, 0.29) is 5.92 Å². The normalized spacial score (nSPS) is 11.9. The van der Waals surface area contributed by atoms with E-state index >= 15 is 0 Å². The highest BCUT2D eigenvalue weighted by Crippen LogP contribution is 2.07. The second-order valence-electron chi connectivity index (χ2n) is 7.55. The Morgan fingerprint density at radius 2 is 1.61 bits per heavy atom. The van der Waals surface area contributed by atoms with E-state index in [1.165, 1.54) is 0 Å². The van der Waals surface area contributed by atoms with Crippen LogP contribution in [-0.4, -0.2) is 42.1 Å². The van der Waals surface area contributed by atoms with Gasteiger partial charge in [-0.25, -0.2) is 14.4 Å². The van der Waals surface area contributed by atoms with Crippen LogP contribution in [0.5, 0.6) is 0 Å². The molecule has 1 aromatic carbocycles. The fourth-order valence-electron chi connectivity index (χ4n) is 2.09. The van der Waals surface area contributed by atoms with E-state index in [0.29, 0.717) is 5.69 Å². The summed E-state index contributed by atoms with van der Waals surface area (Å²) in [6.07, 6.45) is 0. The molecule has 9 nitrogen and oxygen atoms in total. The first-order valence-electron chi connectivity index (χ1n) is 8.89. The van der Waals surface area contributed by atoms with Crippen LogP contribution in [-0.2, 0) is 14.3 Å². The molecule has 1 atom stereocenters. The molecule has 0 aliphatic rings. The number of anilines is 1. The molecule has 0 aliphatic heterocycles. The van der Waals surface area contributed by atoms with Crippen molar-refractivity contribution in [2.45, 2.75) is 46.2 Å². The van der Waals surface area contributed by atoms with Crippen molar-refractivity contribution in [1.82, 2.24) is 16.0 Å². The second kappa shape index (κ2) is 10.3. The van der Waals surface area contributed by atoms with Crippen LogP contribution in [0.1, 0.15) is 34.6 Å². The Kier molecular flexibility index (Phi) is 8.43. The molecule has 0 saturated carbocycles. The fourth-order valence-corrected chi connectivity index (χ4v) is 2.09. The van der Waals surface area contributed by atoms with Crippen molar-refractivity contribution in [2.75, 3.05) is 11.9 Å². The molecule has 154 valence electrons. The highest BCUT2D eigenvalue weighted by Gasteiger charge is 2.26. The summed E-state index contributed by atoms with van der Waals surface area (Å²) in [5.41, 5.74) is 0.0555. The van der Waals surface area contributed by atoms with Crippen molar-refractivity contribution in [3.63, 3.8) is 0 Å². The van der Waals surface area contributed by atoms with Crippen molar-refractivity contribution in [2.24, 2.45) is 5.92 Å². The predicted molar refractivity (Wildman–Crippen MR) is 105 cm³/mol. The zero-order valence-corrected chi connectivity index (χ0v) is 16.8. The van der Waals surface area contributed by atoms with E-state index in [1.54, 1.807) is 58.9 Å². The van der Waals surface area contributed by atoms with E-state index in [1.807, 2.05) is 6.07 Å². The zero-order valence-electron chi connectivity index (χ0n) is 16.8. The third-order valence-electron chi connectivity index (χ3n) is 3.33. The average Bonchev–Trinajstić information content (AvgIpc) is 2.56. The topological polar surface area (TPSA) is 126 Å². The minimum absolute atomic E-state index is 0.277. The first-order valence-corrected chi connectivity index (χ1v) is 8.89. The molecule has 5 amide bonds. The van der Waals surface area contributed by atoms with Gasteiger partial charge in [-0.2, -0.15) is 0 Å². The van der Waals surface area contributed by atoms with Gasteiger partial charge in [-0.1, -0.05) is 32.0 Å². The predicted octanol–water partition coefficient (Wildman–Crippen LogP) is 2.00. The van der Waals surface area contributed by atoms with Crippen LogP contribution in [0.3, 0.4) is 0 Å². The molecule has 9 heteroatoms. The van der Waals surface area contributed by atoms with E-state index in [9.17, 15) is 19.2 Å². The van der Waals surface area contributed by atoms with Crippen molar-refractivity contribution < 1.29 is 23.9 Å². The third-order valence-corrected chi connectivity index (χ3v) is 3.33. The van der Waals surface area contributed by atoms with Gasteiger partial charge in [-0.15, -0.1) is 0 Å². The SMILES string of the molecule is CC(C)[C@H](NC(=O)Nc1ccccc1)C(=O)OCC(=O)NC(=O)NC(C)(C)C. The summed E-state index contributed by atoms with van der Waals surface area (Å²) in [6, 6.07) is 6.52. The number of hydrogen-bond acceptors (Lipinski definition) is 5. The number of rotatable bonds is 6. The van der Waals surface area contributed by atoms with Crippen molar-refractivity contribution >= 4 is 29.6 Å². The van der Waals surface area contributed by atoms with Crippen LogP contribution in [0.15, 0.2) is 30.3 Å². The van der Waals surface area contributed by atoms with E-state index in [0.717, 1.165) is 0 Å². The molecule has 0 bridgehead atoms. The number of esters is 1. The number of para-hydroxylation sites is 1. The van der Waals surface area contributed by atoms with Crippen LogP contribution >= 0.6 is 0 Å². The highest BCUT2D eigenvalue weighted by molar-refractivity contribution is 5.96. The lowest BCUT2D eigenvalue weighted by Gasteiger charge is -2.22. The first-order chi connectivity index (χ1) is 13.0. The zero-order chi connectivity index (χ0) is 21.3. The summed E-state index contributed by atoms with van der Waals surface area (Å²) in [4.78, 5) is 47.7. The van der Waals surface area contributed by atoms with Gasteiger partial charge in [0.25, 0.3) is 5.91 Å². The molecule has 0 aromatic heterocycles. The number of hydrogen-bond donors (Lipinski definition) is 4. The maximum absolute atomic E-state index is 12.2. The minimum atomic E-state index is -0.958. The molecule has 0 fully saturated rings. The summed E-state index contributed by atoms with van der Waals surface area (Å²) in [5, 5.41) is 9.75. The van der Waals surface area contributed by atoms with Gasteiger partial charge in [0.2, 0.25) is 0 Å². The molecule has 0 spiro atoms. The fraction of sp³-hybridized carbons (Fsp3) is 0.474. The molecule has 1 aromatic rings. The number of urea groups is 2. The number of carbonyl (C=O) groups is 4. The lowest BCUT2D eigenvalue weighted by atomic mass is 10.1. The summed E-state index contributed by atoms with van der Waals surface area (Å²) >= 11 is 0. The third kappa shape index (κ3) is 9.02. The van der Waals surface area contributed by atoms with E-state index in [2.05, 4.69) is 21.3 Å². The maximum Gasteiger partial charge on any atom is 0.329 e. The largest absolute Gasteiger partial charge is 0.454 e. The molecule has 0 unspecified atom stereocenters. The highest BCUT2D eigenvalue weighted by atomic mass is 16.5. The van der Waals surface area contributed by atoms with Crippen molar-refractivity contribution in [3.05, 3.63) is 30.3 Å². The van der Waals surface area contributed by atoms with Gasteiger partial charge >= 0.3 is 18.0 Å². The van der Waals surface area contributed by atoms with Gasteiger partial charge in [-0.05, 0) is 38.8 Å². The van der Waals surface area contributed by atoms with Crippen molar-refractivity contribution in [3.8, 4) is 0 Å². The van der Waals surface area contributed by atoms with Crippen molar-refractivity contribution in [1.29, 1.82) is 0 Å². The van der Waals surface area contributed by atoms with Gasteiger partial charge in [0.05, 0.1) is 0 Å². The van der Waals surface area contributed by atoms with Gasteiger partial charge in [0.1, 0.15) is 6.04 Å². The van der Waals surface area contributed by atoms with Gasteiger partial charge in [0, 0.05) is 11.2 Å². The molecule has 0 aliphatic carbocycles. The van der Waals surface area contributed by atoms with Crippen LogP contribution in [0.2, 0.25) is 0 Å². The quantitative estimate of drug-likeness (QED) is 0.551. The Hall–Kier alpha value is -3.10. The second-order valence-corrected chi connectivity index (χ2v) is 7.55. The summed E-state index contributed by atoms with van der Waals surface area (Å²) in [7, 11) is 0. The number of nitrogens with one attached hydrogen (secondary N) is 4. The maximum atomic E-state index is 12.2. The molecule has 28 heavy (non-hydrogen) atoms. The van der Waals surface area contributed by atoms with Gasteiger partial charge in [0.15, 0.2) is 6.61 Å². The smallest absolute Gasteiger partial charge is 0.329 e. The van der Waals surface area contributed by atoms with Crippen LogP contribution in [0.25, 0.3) is 0 Å². The van der Waals surface area contributed by atoms with E-state index in [4.69, 9.17) is 4.74 Å². The number of carbonyl (C=O) groups excluding carboxylic acids is 4. The summed E-state index contributed by atoms with van der Waals surface area (Å²) < 4.78 is 4.94. The molecule has 1 rings (SSSR count). The summed E-state index contributed by atoms with van der Waals surface area (Å²) in [5.74, 6) is -1.82. The minimum Gasteiger partial charge on any atom is -0.454 e. The Bertz CT molecular complexity index is 698. The summed E-state index contributed by atoms with van der Waals surface area (Å²) in [6.45, 7) is 8.10. The van der Waals surface area contributed by atoms with Crippen LogP contribution in [0, 0.1) is 5.92 Å².